The molecule has 0 atom stereocenters. The molecule has 4 heteroatoms. The normalized spacial score (nSPS) is 10.4. The molecule has 3 aromatic heterocycles. The van der Waals surface area contributed by atoms with Gasteiger partial charge in [-0.05, 0) is 65.5 Å². The number of rotatable bonds is 4. The second-order valence-electron chi connectivity index (χ2n) is 10.1. The van der Waals surface area contributed by atoms with E-state index in [1.54, 1.807) is 0 Å². The van der Waals surface area contributed by atoms with Crippen LogP contribution in [0, 0.1) is 26.0 Å². The molecule has 0 fully saturated rings. The Labute approximate surface area is 266 Å². The van der Waals surface area contributed by atoms with Crippen molar-refractivity contribution in [3.63, 3.8) is 0 Å². The maximum Gasteiger partial charge on any atom is 0.0352 e. The van der Waals surface area contributed by atoms with E-state index in [1.165, 1.54) is 27.6 Å². The SMILES string of the molecule is Cc1ccc(-c2ccc(-c3cc[c-]c(-c4ccccn4)c3)c3cnccc23)cc1.Cc1ccnc(-c2[c-]cccc2)c1.[Ir]. The second kappa shape index (κ2) is 13.9. The van der Waals surface area contributed by atoms with Gasteiger partial charge >= 0.3 is 0 Å². The summed E-state index contributed by atoms with van der Waals surface area (Å²) in [5, 5.41) is 2.34. The van der Waals surface area contributed by atoms with E-state index < -0.39 is 0 Å². The zero-order valence-corrected chi connectivity index (χ0v) is 26.3. The summed E-state index contributed by atoms with van der Waals surface area (Å²) in [5.74, 6) is 0. The number of aromatic nitrogens is 3. The number of pyridine rings is 3. The minimum absolute atomic E-state index is 0. The number of benzene rings is 4. The molecule has 4 aromatic carbocycles. The van der Waals surface area contributed by atoms with Gasteiger partial charge in [-0.15, -0.1) is 71.3 Å². The molecule has 0 aliphatic heterocycles. The van der Waals surface area contributed by atoms with Crippen LogP contribution in [0.1, 0.15) is 11.1 Å². The summed E-state index contributed by atoms with van der Waals surface area (Å²) < 4.78 is 0. The number of nitrogens with zero attached hydrogens (tertiary/aromatic N) is 3. The Morgan fingerprint density at radius 1 is 0.512 bits per heavy atom. The Bertz CT molecular complexity index is 1940. The zero-order valence-electron chi connectivity index (χ0n) is 24.0. The predicted molar refractivity (Wildman–Crippen MR) is 173 cm³/mol. The van der Waals surface area contributed by atoms with Crippen molar-refractivity contribution in [1.82, 2.24) is 15.0 Å². The summed E-state index contributed by atoms with van der Waals surface area (Å²) in [6.45, 7) is 4.18. The molecule has 0 amide bonds. The zero-order chi connectivity index (χ0) is 28.7. The quantitative estimate of drug-likeness (QED) is 0.169. The Morgan fingerprint density at radius 2 is 1.28 bits per heavy atom. The fraction of sp³-hybridized carbons (Fsp3) is 0.0513. The number of aryl methyl sites for hydroxylation is 2. The molecule has 1 radical (unpaired) electrons. The van der Waals surface area contributed by atoms with E-state index in [4.69, 9.17) is 0 Å². The van der Waals surface area contributed by atoms with Gasteiger partial charge < -0.3 is 9.97 Å². The molecule has 7 rings (SSSR count). The van der Waals surface area contributed by atoms with E-state index in [2.05, 4.69) is 102 Å². The van der Waals surface area contributed by atoms with Crippen LogP contribution in [0.4, 0.5) is 0 Å². The number of fused-ring (bicyclic) bond motifs is 1. The third kappa shape index (κ3) is 7.01. The summed E-state index contributed by atoms with van der Waals surface area (Å²) in [5.41, 5.74) is 11.2. The molecule has 0 aliphatic carbocycles. The van der Waals surface area contributed by atoms with Crippen molar-refractivity contribution >= 4 is 10.8 Å². The fourth-order valence-electron chi connectivity index (χ4n) is 4.97. The molecular weight excluding hydrogens is 703 g/mol. The molecule has 3 nitrogen and oxygen atoms in total. The first kappa shape index (κ1) is 29.7. The number of hydrogen-bond acceptors (Lipinski definition) is 3. The van der Waals surface area contributed by atoms with Crippen molar-refractivity contribution in [3.8, 4) is 44.8 Å². The molecule has 0 bridgehead atoms. The van der Waals surface area contributed by atoms with Crippen LogP contribution in [0.5, 0.6) is 0 Å². The van der Waals surface area contributed by atoms with Gasteiger partial charge in [0.25, 0.3) is 0 Å². The standard InChI is InChI=1S/C27H19N2.C12H10N.Ir/c1-19-8-10-20(11-9-19)23-12-13-24(26-18-28-16-14-25(23)26)21-5-4-6-22(17-21)27-7-2-3-15-29-27;1-10-7-8-13-12(9-10)11-5-3-2-4-6-11;/h2-5,7-18H,1H3;2-5,7-9H,1H3;/q2*-1;. The van der Waals surface area contributed by atoms with Crippen LogP contribution < -0.4 is 0 Å². The molecule has 0 saturated carbocycles. The summed E-state index contributed by atoms with van der Waals surface area (Å²) in [4.78, 5) is 13.2. The van der Waals surface area contributed by atoms with Crippen LogP contribution in [0.25, 0.3) is 55.5 Å². The summed E-state index contributed by atoms with van der Waals surface area (Å²) >= 11 is 0. The maximum absolute atomic E-state index is 4.46. The average molecular weight is 732 g/mol. The summed E-state index contributed by atoms with van der Waals surface area (Å²) in [6, 6.07) is 45.7. The molecule has 211 valence electrons. The molecule has 0 aliphatic rings. The Morgan fingerprint density at radius 3 is 2.02 bits per heavy atom. The molecular formula is C39H29IrN3-2. The van der Waals surface area contributed by atoms with E-state index >= 15 is 0 Å². The number of hydrogen-bond donors (Lipinski definition) is 0. The van der Waals surface area contributed by atoms with Crippen LogP contribution in [0.3, 0.4) is 0 Å². The topological polar surface area (TPSA) is 38.7 Å². The monoisotopic (exact) mass is 732 g/mol. The smallest absolute Gasteiger partial charge is 0.0352 e. The fourth-order valence-corrected chi connectivity index (χ4v) is 4.97. The van der Waals surface area contributed by atoms with Crippen LogP contribution in [0.2, 0.25) is 0 Å². The average Bonchev–Trinajstić information content (AvgIpc) is 3.06. The molecule has 43 heavy (non-hydrogen) atoms. The van der Waals surface area contributed by atoms with Gasteiger partial charge in [0.15, 0.2) is 0 Å². The first-order valence-electron chi connectivity index (χ1n) is 13.9. The molecule has 0 N–H and O–H groups in total. The molecule has 0 unspecified atom stereocenters. The summed E-state index contributed by atoms with van der Waals surface area (Å²) in [6.07, 6.45) is 7.46. The Kier molecular flexibility index (Phi) is 9.63. The van der Waals surface area contributed by atoms with Gasteiger partial charge in [0, 0.05) is 50.3 Å². The van der Waals surface area contributed by atoms with E-state index in [1.807, 2.05) is 79.4 Å². The second-order valence-corrected chi connectivity index (χ2v) is 10.1. The van der Waals surface area contributed by atoms with Crippen molar-refractivity contribution in [1.29, 1.82) is 0 Å². The van der Waals surface area contributed by atoms with Gasteiger partial charge in [0.05, 0.1) is 0 Å². The van der Waals surface area contributed by atoms with Gasteiger partial charge in [-0.3, -0.25) is 4.98 Å². The maximum atomic E-state index is 4.46. The van der Waals surface area contributed by atoms with E-state index in [9.17, 15) is 0 Å². The van der Waals surface area contributed by atoms with E-state index in [-0.39, 0.29) is 20.1 Å². The van der Waals surface area contributed by atoms with Gasteiger partial charge in [-0.2, -0.15) is 0 Å². The molecule has 0 spiro atoms. The van der Waals surface area contributed by atoms with Crippen LogP contribution >= 0.6 is 0 Å². The third-order valence-corrected chi connectivity index (χ3v) is 7.13. The van der Waals surface area contributed by atoms with Crippen molar-refractivity contribution in [2.24, 2.45) is 0 Å². The first-order chi connectivity index (χ1) is 20.7. The van der Waals surface area contributed by atoms with Gasteiger partial charge in [0.1, 0.15) is 0 Å². The minimum atomic E-state index is 0. The van der Waals surface area contributed by atoms with E-state index in [0.717, 1.165) is 39.0 Å². The van der Waals surface area contributed by atoms with Crippen molar-refractivity contribution < 1.29 is 20.1 Å². The Hall–Kier alpha value is -4.76. The van der Waals surface area contributed by atoms with Crippen LogP contribution in [0.15, 0.2) is 140 Å². The predicted octanol–water partition coefficient (Wildman–Crippen LogP) is 9.59. The largest absolute Gasteiger partial charge is 0.305 e. The molecule has 3 heterocycles. The first-order valence-corrected chi connectivity index (χ1v) is 13.9. The molecule has 7 aromatic rings. The van der Waals surface area contributed by atoms with E-state index in [0.29, 0.717) is 0 Å². The van der Waals surface area contributed by atoms with Gasteiger partial charge in [0.2, 0.25) is 0 Å². The Balaban J connectivity index is 0.000000221. The van der Waals surface area contributed by atoms with Crippen molar-refractivity contribution in [2.45, 2.75) is 13.8 Å². The van der Waals surface area contributed by atoms with Crippen molar-refractivity contribution in [2.75, 3.05) is 0 Å². The summed E-state index contributed by atoms with van der Waals surface area (Å²) in [7, 11) is 0. The van der Waals surface area contributed by atoms with Crippen LogP contribution in [-0.2, 0) is 20.1 Å². The van der Waals surface area contributed by atoms with Crippen LogP contribution in [-0.4, -0.2) is 15.0 Å². The van der Waals surface area contributed by atoms with Crippen molar-refractivity contribution in [3.05, 3.63) is 163 Å². The molecule has 0 saturated heterocycles. The van der Waals surface area contributed by atoms with Gasteiger partial charge in [-0.25, -0.2) is 0 Å². The van der Waals surface area contributed by atoms with Gasteiger partial charge in [-0.1, -0.05) is 65.7 Å². The minimum Gasteiger partial charge on any atom is -0.305 e. The third-order valence-electron chi connectivity index (χ3n) is 7.13.